The van der Waals surface area contributed by atoms with Gasteiger partial charge < -0.3 is 9.64 Å². The molecule has 0 atom stereocenters. The van der Waals surface area contributed by atoms with Crippen molar-refractivity contribution in [1.82, 2.24) is 4.98 Å². The minimum atomic E-state index is 0.288. The molecule has 2 aromatic rings. The summed E-state index contributed by atoms with van der Waals surface area (Å²) in [5.41, 5.74) is 1.70. The average molecular weight is 297 g/mol. The van der Waals surface area contributed by atoms with Crippen LogP contribution in [0.3, 0.4) is 0 Å². The van der Waals surface area contributed by atoms with Crippen LogP contribution in [0.1, 0.15) is 5.69 Å². The molecule has 0 aliphatic carbocycles. The molecule has 1 aromatic heterocycles. The molecular weight excluding hydrogens is 283 g/mol. The van der Waals surface area contributed by atoms with Gasteiger partial charge in [-0.25, -0.2) is 4.98 Å². The number of hydrogen-bond donors (Lipinski definition) is 0. The number of benzene rings is 1. The molecule has 19 heavy (non-hydrogen) atoms. The van der Waals surface area contributed by atoms with E-state index >= 15 is 0 Å². The molecular formula is C14H14Cl2N2O. The molecule has 100 valence electrons. The van der Waals surface area contributed by atoms with Crippen LogP contribution < -0.4 is 9.64 Å². The first kappa shape index (κ1) is 14.0. The summed E-state index contributed by atoms with van der Waals surface area (Å²) in [7, 11) is 3.96. The largest absolute Gasteiger partial charge is 0.487 e. The van der Waals surface area contributed by atoms with Crippen LogP contribution in [-0.2, 0) is 6.61 Å². The van der Waals surface area contributed by atoms with Gasteiger partial charge in [0.25, 0.3) is 0 Å². The van der Waals surface area contributed by atoms with Crippen LogP contribution in [0.4, 0.5) is 5.69 Å². The van der Waals surface area contributed by atoms with Crippen LogP contribution in [0.15, 0.2) is 36.4 Å². The van der Waals surface area contributed by atoms with Gasteiger partial charge in [0.05, 0.1) is 10.7 Å². The van der Waals surface area contributed by atoms with Crippen molar-refractivity contribution < 1.29 is 4.74 Å². The molecule has 5 heteroatoms. The number of pyridine rings is 1. The standard InChI is InChI=1S/C14H14Cl2N2O/c1-18(2)10-4-3-5-11(8-10)19-9-13-12(15)6-7-14(16)17-13/h3-8H,9H2,1-2H3. The minimum Gasteiger partial charge on any atom is -0.487 e. The summed E-state index contributed by atoms with van der Waals surface area (Å²) in [5, 5.41) is 0.957. The van der Waals surface area contributed by atoms with Crippen molar-refractivity contribution in [2.24, 2.45) is 0 Å². The van der Waals surface area contributed by atoms with Crippen LogP contribution in [0.2, 0.25) is 10.2 Å². The number of halogens is 2. The first-order valence-electron chi connectivity index (χ1n) is 5.77. The van der Waals surface area contributed by atoms with Gasteiger partial charge in [0.2, 0.25) is 0 Å². The molecule has 0 unspecified atom stereocenters. The molecule has 1 heterocycles. The monoisotopic (exact) mass is 296 g/mol. The van der Waals surface area contributed by atoms with E-state index in [1.54, 1.807) is 12.1 Å². The SMILES string of the molecule is CN(C)c1cccc(OCc2nc(Cl)ccc2Cl)c1. The number of nitrogens with zero attached hydrogens (tertiary/aromatic N) is 2. The van der Waals surface area contributed by atoms with Crippen LogP contribution in [0.25, 0.3) is 0 Å². The van der Waals surface area contributed by atoms with Crippen molar-refractivity contribution in [2.45, 2.75) is 6.61 Å². The Morgan fingerprint density at radius 1 is 1.16 bits per heavy atom. The highest BCUT2D eigenvalue weighted by atomic mass is 35.5. The van der Waals surface area contributed by atoms with E-state index in [1.165, 1.54) is 0 Å². The van der Waals surface area contributed by atoms with E-state index in [0.717, 1.165) is 11.4 Å². The van der Waals surface area contributed by atoms with E-state index < -0.39 is 0 Å². The van der Waals surface area contributed by atoms with Crippen LogP contribution in [-0.4, -0.2) is 19.1 Å². The van der Waals surface area contributed by atoms with Gasteiger partial charge in [-0.15, -0.1) is 0 Å². The number of aromatic nitrogens is 1. The summed E-state index contributed by atoms with van der Waals surface area (Å²) < 4.78 is 5.69. The first-order chi connectivity index (χ1) is 9.06. The molecule has 0 fully saturated rings. The van der Waals surface area contributed by atoms with Crippen LogP contribution >= 0.6 is 23.2 Å². The third-order valence-corrected chi connectivity index (χ3v) is 3.15. The molecule has 0 saturated carbocycles. The maximum Gasteiger partial charge on any atom is 0.132 e. The predicted molar refractivity (Wildman–Crippen MR) is 79.4 cm³/mol. The lowest BCUT2D eigenvalue weighted by Gasteiger charge is -2.14. The maximum atomic E-state index is 6.03. The van der Waals surface area contributed by atoms with Gasteiger partial charge in [-0.2, -0.15) is 0 Å². The van der Waals surface area contributed by atoms with Crippen molar-refractivity contribution in [3.63, 3.8) is 0 Å². The Morgan fingerprint density at radius 3 is 2.68 bits per heavy atom. The van der Waals surface area contributed by atoms with E-state index in [0.29, 0.717) is 15.9 Å². The summed E-state index contributed by atoms with van der Waals surface area (Å²) >= 11 is 11.9. The zero-order valence-corrected chi connectivity index (χ0v) is 12.2. The number of hydrogen-bond acceptors (Lipinski definition) is 3. The summed E-state index contributed by atoms with van der Waals surface area (Å²) in [6.07, 6.45) is 0. The van der Waals surface area contributed by atoms with Gasteiger partial charge in [-0.1, -0.05) is 29.3 Å². The Hall–Kier alpha value is -1.45. The average Bonchev–Trinajstić information content (AvgIpc) is 2.40. The lowest BCUT2D eigenvalue weighted by Crippen LogP contribution is -2.08. The molecule has 0 N–H and O–H groups in total. The van der Waals surface area contributed by atoms with Gasteiger partial charge in [0.1, 0.15) is 17.5 Å². The van der Waals surface area contributed by atoms with E-state index in [4.69, 9.17) is 27.9 Å². The Labute approximate surface area is 122 Å². The van der Waals surface area contributed by atoms with Crippen LogP contribution in [0, 0.1) is 0 Å². The summed E-state index contributed by atoms with van der Waals surface area (Å²) in [6, 6.07) is 11.2. The minimum absolute atomic E-state index is 0.288. The second-order valence-corrected chi connectivity index (χ2v) is 5.04. The molecule has 3 nitrogen and oxygen atoms in total. The Bertz CT molecular complexity index is 573. The van der Waals surface area contributed by atoms with Gasteiger partial charge in [-0.3, -0.25) is 0 Å². The smallest absolute Gasteiger partial charge is 0.132 e. The molecule has 1 aromatic carbocycles. The second kappa shape index (κ2) is 6.13. The highest BCUT2D eigenvalue weighted by Gasteiger charge is 2.05. The van der Waals surface area contributed by atoms with E-state index in [2.05, 4.69) is 4.98 Å². The third kappa shape index (κ3) is 3.75. The molecule has 0 aliphatic rings. The summed E-state index contributed by atoms with van der Waals surface area (Å²) in [4.78, 5) is 6.15. The van der Waals surface area contributed by atoms with Gasteiger partial charge in [0.15, 0.2) is 0 Å². The fourth-order valence-corrected chi connectivity index (χ4v) is 1.89. The molecule has 0 radical (unpaired) electrons. The van der Waals surface area contributed by atoms with Gasteiger partial charge in [-0.05, 0) is 24.3 Å². The van der Waals surface area contributed by atoms with E-state index in [9.17, 15) is 0 Å². The summed E-state index contributed by atoms with van der Waals surface area (Å²) in [6.45, 7) is 0.288. The quantitative estimate of drug-likeness (QED) is 0.797. The van der Waals surface area contributed by atoms with Crippen molar-refractivity contribution in [3.8, 4) is 5.75 Å². The zero-order chi connectivity index (χ0) is 13.8. The highest BCUT2D eigenvalue weighted by Crippen LogP contribution is 2.22. The Kier molecular flexibility index (Phi) is 4.51. The lowest BCUT2D eigenvalue weighted by molar-refractivity contribution is 0.301. The van der Waals surface area contributed by atoms with Gasteiger partial charge >= 0.3 is 0 Å². The molecule has 0 saturated heterocycles. The normalized spacial score (nSPS) is 10.3. The van der Waals surface area contributed by atoms with Crippen molar-refractivity contribution in [2.75, 3.05) is 19.0 Å². The fraction of sp³-hybridized carbons (Fsp3) is 0.214. The molecule has 0 amide bonds. The summed E-state index contributed by atoms with van der Waals surface area (Å²) in [5.74, 6) is 0.768. The van der Waals surface area contributed by atoms with Crippen molar-refractivity contribution in [3.05, 3.63) is 52.3 Å². The number of rotatable bonds is 4. The molecule has 2 rings (SSSR count). The van der Waals surface area contributed by atoms with E-state index in [1.807, 2.05) is 43.3 Å². The maximum absolute atomic E-state index is 6.03. The molecule has 0 aliphatic heterocycles. The topological polar surface area (TPSA) is 25.4 Å². The lowest BCUT2D eigenvalue weighted by atomic mass is 10.3. The van der Waals surface area contributed by atoms with Crippen LogP contribution in [0.5, 0.6) is 5.75 Å². The number of ether oxygens (including phenoxy) is 1. The highest BCUT2D eigenvalue weighted by molar-refractivity contribution is 6.32. The van der Waals surface area contributed by atoms with Crippen molar-refractivity contribution in [1.29, 1.82) is 0 Å². The molecule has 0 spiro atoms. The predicted octanol–water partition coefficient (Wildman–Crippen LogP) is 4.03. The Balaban J connectivity index is 2.10. The first-order valence-corrected chi connectivity index (χ1v) is 6.53. The zero-order valence-electron chi connectivity index (χ0n) is 10.7. The second-order valence-electron chi connectivity index (χ2n) is 4.24. The van der Waals surface area contributed by atoms with E-state index in [-0.39, 0.29) is 6.61 Å². The third-order valence-electron chi connectivity index (χ3n) is 2.59. The molecule has 0 bridgehead atoms. The van der Waals surface area contributed by atoms with Crippen molar-refractivity contribution >= 4 is 28.9 Å². The van der Waals surface area contributed by atoms with Gasteiger partial charge in [0, 0.05) is 25.8 Å². The fourth-order valence-electron chi connectivity index (χ4n) is 1.56. The Morgan fingerprint density at radius 2 is 1.95 bits per heavy atom. The number of anilines is 1.